The molecule has 1 fully saturated rings. The molecule has 19 heavy (non-hydrogen) atoms. The van der Waals surface area contributed by atoms with Crippen LogP contribution in [0.5, 0.6) is 0 Å². The maximum absolute atomic E-state index is 5.82. The molecule has 1 aliphatic rings. The van der Waals surface area contributed by atoms with Gasteiger partial charge in [-0.05, 0) is 30.7 Å². The Morgan fingerprint density at radius 3 is 3.11 bits per heavy atom. The van der Waals surface area contributed by atoms with E-state index in [9.17, 15) is 0 Å². The van der Waals surface area contributed by atoms with Crippen molar-refractivity contribution in [1.29, 1.82) is 0 Å². The topological polar surface area (TPSA) is 39.1 Å². The van der Waals surface area contributed by atoms with Gasteiger partial charge in [0.05, 0.1) is 24.8 Å². The first-order chi connectivity index (χ1) is 9.25. The van der Waals surface area contributed by atoms with Crippen LogP contribution in [0.1, 0.15) is 17.4 Å². The summed E-state index contributed by atoms with van der Waals surface area (Å²) in [4.78, 5) is 4.28. The van der Waals surface area contributed by atoms with Gasteiger partial charge in [0.15, 0.2) is 0 Å². The van der Waals surface area contributed by atoms with Crippen molar-refractivity contribution in [2.75, 3.05) is 19.7 Å². The number of nitrogens with zero attached hydrogens (tertiary/aromatic N) is 2. The molecule has 1 saturated heterocycles. The van der Waals surface area contributed by atoms with Gasteiger partial charge >= 0.3 is 0 Å². The number of rotatable bonds is 2. The minimum absolute atomic E-state index is 0.0688. The molecule has 0 aliphatic carbocycles. The first-order valence-corrected chi connectivity index (χ1v) is 7.16. The van der Waals surface area contributed by atoms with Crippen LogP contribution in [0.25, 0.3) is 5.69 Å². The van der Waals surface area contributed by atoms with Crippen molar-refractivity contribution in [3.05, 3.63) is 46.5 Å². The SMILES string of the molecule is Cc1cc(Br)ccc1-n1cncc1C1CNCCO1. The van der Waals surface area contributed by atoms with Gasteiger partial charge in [-0.25, -0.2) is 4.98 Å². The molecule has 0 saturated carbocycles. The van der Waals surface area contributed by atoms with Crippen LogP contribution in [0.3, 0.4) is 0 Å². The highest BCUT2D eigenvalue weighted by molar-refractivity contribution is 9.10. The van der Waals surface area contributed by atoms with Gasteiger partial charge < -0.3 is 14.6 Å². The lowest BCUT2D eigenvalue weighted by molar-refractivity contribution is 0.0240. The molecule has 1 unspecified atom stereocenters. The molecule has 0 amide bonds. The van der Waals surface area contributed by atoms with Crippen molar-refractivity contribution in [1.82, 2.24) is 14.9 Å². The van der Waals surface area contributed by atoms with Gasteiger partial charge in [0.2, 0.25) is 0 Å². The Morgan fingerprint density at radius 2 is 2.37 bits per heavy atom. The number of aromatic nitrogens is 2. The number of aryl methyl sites for hydroxylation is 1. The van der Waals surface area contributed by atoms with Gasteiger partial charge in [-0.3, -0.25) is 0 Å². The van der Waals surface area contributed by atoms with Crippen LogP contribution in [0.15, 0.2) is 35.2 Å². The van der Waals surface area contributed by atoms with E-state index in [0.717, 1.165) is 35.6 Å². The number of ether oxygens (including phenoxy) is 1. The van der Waals surface area contributed by atoms with Crippen molar-refractivity contribution in [2.45, 2.75) is 13.0 Å². The first-order valence-electron chi connectivity index (χ1n) is 6.37. The predicted molar refractivity (Wildman–Crippen MR) is 77.6 cm³/mol. The number of nitrogens with one attached hydrogen (secondary N) is 1. The van der Waals surface area contributed by atoms with Crippen LogP contribution >= 0.6 is 15.9 Å². The van der Waals surface area contributed by atoms with Crippen molar-refractivity contribution in [3.63, 3.8) is 0 Å². The lowest BCUT2D eigenvalue weighted by Crippen LogP contribution is -2.34. The molecule has 1 N–H and O–H groups in total. The van der Waals surface area contributed by atoms with Gasteiger partial charge in [-0.1, -0.05) is 15.9 Å². The summed E-state index contributed by atoms with van der Waals surface area (Å²) in [6.07, 6.45) is 3.81. The predicted octanol–water partition coefficient (Wildman–Crippen LogP) is 2.60. The molecule has 0 spiro atoms. The Balaban J connectivity index is 1.99. The highest BCUT2D eigenvalue weighted by Crippen LogP contribution is 2.25. The average Bonchev–Trinajstić information content (AvgIpc) is 2.89. The first kappa shape index (κ1) is 12.8. The minimum atomic E-state index is 0.0688. The van der Waals surface area contributed by atoms with Crippen molar-refractivity contribution in [3.8, 4) is 5.69 Å². The molecule has 1 atom stereocenters. The molecular formula is C14H16BrN3O. The summed E-state index contributed by atoms with van der Waals surface area (Å²) in [5.41, 5.74) is 3.44. The fraction of sp³-hybridized carbons (Fsp3) is 0.357. The standard InChI is InChI=1S/C14H16BrN3O/c1-10-6-11(15)2-3-12(10)18-9-17-7-13(18)14-8-16-4-5-19-14/h2-3,6-7,9,14,16H,4-5,8H2,1H3. The summed E-state index contributed by atoms with van der Waals surface area (Å²) < 4.78 is 9.01. The van der Waals surface area contributed by atoms with Crippen molar-refractivity contribution < 1.29 is 4.74 Å². The van der Waals surface area contributed by atoms with Gasteiger partial charge in [0, 0.05) is 23.2 Å². The Kier molecular flexibility index (Phi) is 3.68. The smallest absolute Gasteiger partial charge is 0.112 e. The number of morpholine rings is 1. The summed E-state index contributed by atoms with van der Waals surface area (Å²) in [5.74, 6) is 0. The molecule has 0 bridgehead atoms. The largest absolute Gasteiger partial charge is 0.369 e. The molecule has 3 rings (SSSR count). The Morgan fingerprint density at radius 1 is 1.47 bits per heavy atom. The van der Waals surface area contributed by atoms with E-state index in [4.69, 9.17) is 4.74 Å². The summed E-state index contributed by atoms with van der Waals surface area (Å²) >= 11 is 3.50. The third kappa shape index (κ3) is 2.59. The lowest BCUT2D eigenvalue weighted by atomic mass is 10.1. The molecule has 1 aliphatic heterocycles. The number of hydrogen-bond acceptors (Lipinski definition) is 3. The number of halogens is 1. The zero-order valence-electron chi connectivity index (χ0n) is 10.8. The maximum atomic E-state index is 5.82. The van der Waals surface area contributed by atoms with E-state index in [0.29, 0.717) is 0 Å². The number of hydrogen-bond donors (Lipinski definition) is 1. The van der Waals surface area contributed by atoms with Gasteiger partial charge in [0.25, 0.3) is 0 Å². The van der Waals surface area contributed by atoms with Gasteiger partial charge in [-0.15, -0.1) is 0 Å². The monoisotopic (exact) mass is 321 g/mol. The quantitative estimate of drug-likeness (QED) is 0.924. The third-order valence-electron chi connectivity index (χ3n) is 3.34. The Hall–Kier alpha value is -1.17. The minimum Gasteiger partial charge on any atom is -0.369 e. The van der Waals surface area contributed by atoms with E-state index in [1.165, 1.54) is 5.56 Å². The van der Waals surface area contributed by atoms with E-state index in [-0.39, 0.29) is 6.10 Å². The van der Waals surface area contributed by atoms with Crippen molar-refractivity contribution >= 4 is 15.9 Å². The fourth-order valence-electron chi connectivity index (χ4n) is 2.39. The fourth-order valence-corrected chi connectivity index (χ4v) is 2.86. The van der Waals surface area contributed by atoms with E-state index >= 15 is 0 Å². The molecule has 2 aromatic rings. The molecule has 1 aromatic carbocycles. The lowest BCUT2D eigenvalue weighted by Gasteiger charge is -2.24. The maximum Gasteiger partial charge on any atom is 0.112 e. The molecule has 5 heteroatoms. The van der Waals surface area contributed by atoms with E-state index in [1.54, 1.807) is 0 Å². The molecule has 2 heterocycles. The third-order valence-corrected chi connectivity index (χ3v) is 3.84. The summed E-state index contributed by atoms with van der Waals surface area (Å²) in [7, 11) is 0. The van der Waals surface area contributed by atoms with Crippen molar-refractivity contribution in [2.24, 2.45) is 0 Å². The number of imidazole rings is 1. The number of benzene rings is 1. The second-order valence-electron chi connectivity index (χ2n) is 4.68. The summed E-state index contributed by atoms with van der Waals surface area (Å²) in [5, 5.41) is 3.35. The Labute approximate surface area is 120 Å². The molecule has 4 nitrogen and oxygen atoms in total. The molecular weight excluding hydrogens is 306 g/mol. The molecule has 0 radical (unpaired) electrons. The van der Waals surface area contributed by atoms with E-state index < -0.39 is 0 Å². The summed E-state index contributed by atoms with van der Waals surface area (Å²) in [6.45, 7) is 4.60. The van der Waals surface area contributed by atoms with Gasteiger partial charge in [0.1, 0.15) is 6.10 Å². The zero-order chi connectivity index (χ0) is 13.2. The molecule has 1 aromatic heterocycles. The summed E-state index contributed by atoms with van der Waals surface area (Å²) in [6, 6.07) is 6.26. The second-order valence-corrected chi connectivity index (χ2v) is 5.60. The average molecular weight is 322 g/mol. The van der Waals surface area contributed by atoms with Crippen LogP contribution < -0.4 is 5.32 Å². The Bertz CT molecular complexity index is 576. The highest BCUT2D eigenvalue weighted by Gasteiger charge is 2.20. The van der Waals surface area contributed by atoms with E-state index in [1.807, 2.05) is 18.6 Å². The second kappa shape index (κ2) is 5.45. The van der Waals surface area contributed by atoms with Crippen LogP contribution in [0.4, 0.5) is 0 Å². The van der Waals surface area contributed by atoms with Crippen LogP contribution in [0.2, 0.25) is 0 Å². The molecule has 100 valence electrons. The van der Waals surface area contributed by atoms with E-state index in [2.05, 4.69) is 49.9 Å². The van der Waals surface area contributed by atoms with Crippen LogP contribution in [0, 0.1) is 6.92 Å². The van der Waals surface area contributed by atoms with Crippen LogP contribution in [-0.4, -0.2) is 29.2 Å². The highest BCUT2D eigenvalue weighted by atomic mass is 79.9. The zero-order valence-corrected chi connectivity index (χ0v) is 12.4. The van der Waals surface area contributed by atoms with Crippen LogP contribution in [-0.2, 0) is 4.74 Å². The van der Waals surface area contributed by atoms with Gasteiger partial charge in [-0.2, -0.15) is 0 Å². The normalized spacial score (nSPS) is 19.6.